The average molecular weight is 451 g/mol. The zero-order valence-corrected chi connectivity index (χ0v) is 19.8. The fourth-order valence-corrected chi connectivity index (χ4v) is 4.49. The first-order valence-corrected chi connectivity index (χ1v) is 12.0. The first-order valence-electron chi connectivity index (χ1n) is 12.0. The summed E-state index contributed by atoms with van der Waals surface area (Å²) in [5, 5.41) is 2.98. The summed E-state index contributed by atoms with van der Waals surface area (Å²) in [5.74, 6) is -0.164. The molecule has 4 aromatic rings. The Morgan fingerprint density at radius 2 is 1.65 bits per heavy atom. The van der Waals surface area contributed by atoms with Gasteiger partial charge in [0.15, 0.2) is 0 Å². The number of amides is 1. The first kappa shape index (κ1) is 22.0. The van der Waals surface area contributed by atoms with Crippen molar-refractivity contribution in [3.05, 3.63) is 89.8 Å². The lowest BCUT2D eigenvalue weighted by atomic mass is 10.1. The lowest BCUT2D eigenvalue weighted by Crippen LogP contribution is -2.29. The number of aromatic nitrogens is 2. The van der Waals surface area contributed by atoms with Crippen molar-refractivity contribution in [1.82, 2.24) is 9.38 Å². The monoisotopic (exact) mass is 450 g/mol. The number of benzene rings is 2. The standard InChI is InChI=1S/C29H30N4O/c1-21-6-8-23(9-7-21)29-26(33-19-16-22(2)20-27(33)31-29)14-15-28(34)30-24-10-12-25(13-11-24)32-17-4-3-5-18-32/h6-16,19-20H,3-5,17-18H2,1-2H3,(H,30,34)/b15-14+. The summed E-state index contributed by atoms with van der Waals surface area (Å²) < 4.78 is 2.03. The van der Waals surface area contributed by atoms with E-state index >= 15 is 0 Å². The van der Waals surface area contributed by atoms with Crippen molar-refractivity contribution in [2.75, 3.05) is 23.3 Å². The third-order valence-corrected chi connectivity index (χ3v) is 6.39. The lowest BCUT2D eigenvalue weighted by Gasteiger charge is -2.28. The molecule has 2 aromatic carbocycles. The second-order valence-electron chi connectivity index (χ2n) is 9.06. The second-order valence-corrected chi connectivity index (χ2v) is 9.06. The molecular formula is C29H30N4O. The molecule has 1 amide bonds. The van der Waals surface area contributed by atoms with Crippen molar-refractivity contribution in [3.63, 3.8) is 0 Å². The number of hydrogen-bond donors (Lipinski definition) is 1. The van der Waals surface area contributed by atoms with Gasteiger partial charge in [-0.2, -0.15) is 0 Å². The van der Waals surface area contributed by atoms with Gasteiger partial charge in [-0.05, 0) is 81.1 Å². The molecule has 1 fully saturated rings. The zero-order valence-electron chi connectivity index (χ0n) is 19.8. The third-order valence-electron chi connectivity index (χ3n) is 6.39. The fraction of sp³-hybridized carbons (Fsp3) is 0.241. The molecule has 1 aliphatic rings. The highest BCUT2D eigenvalue weighted by molar-refractivity contribution is 6.02. The number of anilines is 2. The number of pyridine rings is 1. The predicted molar refractivity (Wildman–Crippen MR) is 140 cm³/mol. The summed E-state index contributed by atoms with van der Waals surface area (Å²) in [5.41, 5.74) is 8.00. The zero-order chi connectivity index (χ0) is 23.5. The molecule has 0 aliphatic carbocycles. The molecule has 34 heavy (non-hydrogen) atoms. The Labute approximate surface area is 200 Å². The summed E-state index contributed by atoms with van der Waals surface area (Å²) in [6.07, 6.45) is 9.25. The van der Waals surface area contributed by atoms with Gasteiger partial charge < -0.3 is 10.2 Å². The van der Waals surface area contributed by atoms with Gasteiger partial charge in [0, 0.05) is 42.3 Å². The van der Waals surface area contributed by atoms with Crippen LogP contribution in [0.5, 0.6) is 0 Å². The highest BCUT2D eigenvalue weighted by Crippen LogP contribution is 2.27. The molecule has 1 saturated heterocycles. The Balaban J connectivity index is 1.37. The van der Waals surface area contributed by atoms with Crippen molar-refractivity contribution in [2.45, 2.75) is 33.1 Å². The summed E-state index contributed by atoms with van der Waals surface area (Å²) in [7, 11) is 0. The van der Waals surface area contributed by atoms with Crippen LogP contribution in [-0.4, -0.2) is 28.4 Å². The van der Waals surface area contributed by atoms with E-state index in [4.69, 9.17) is 4.98 Å². The number of aryl methyl sites for hydroxylation is 2. The van der Waals surface area contributed by atoms with Crippen LogP contribution in [-0.2, 0) is 4.79 Å². The van der Waals surface area contributed by atoms with Crippen LogP contribution in [0.4, 0.5) is 11.4 Å². The van der Waals surface area contributed by atoms with E-state index in [9.17, 15) is 4.79 Å². The molecule has 3 heterocycles. The Bertz CT molecular complexity index is 1330. The van der Waals surface area contributed by atoms with Crippen LogP contribution in [0.15, 0.2) is 72.9 Å². The van der Waals surface area contributed by atoms with E-state index in [-0.39, 0.29) is 5.91 Å². The number of rotatable bonds is 5. The van der Waals surface area contributed by atoms with Gasteiger partial charge in [0.25, 0.3) is 0 Å². The van der Waals surface area contributed by atoms with E-state index < -0.39 is 0 Å². The van der Waals surface area contributed by atoms with Gasteiger partial charge in [0.05, 0.1) is 11.4 Å². The average Bonchev–Trinajstić information content (AvgIpc) is 3.21. The van der Waals surface area contributed by atoms with Gasteiger partial charge in [-0.15, -0.1) is 0 Å². The minimum Gasteiger partial charge on any atom is -0.372 e. The van der Waals surface area contributed by atoms with Crippen LogP contribution in [0.1, 0.15) is 36.1 Å². The van der Waals surface area contributed by atoms with Crippen molar-refractivity contribution in [3.8, 4) is 11.3 Å². The van der Waals surface area contributed by atoms with Gasteiger partial charge in [-0.25, -0.2) is 4.98 Å². The first-order chi connectivity index (χ1) is 16.6. The molecule has 172 valence electrons. The SMILES string of the molecule is Cc1ccc(-c2nc3cc(C)ccn3c2/C=C/C(=O)Nc2ccc(N3CCCCC3)cc2)cc1. The Morgan fingerprint density at radius 1 is 0.912 bits per heavy atom. The van der Waals surface area contributed by atoms with Crippen LogP contribution in [0.25, 0.3) is 23.0 Å². The Morgan fingerprint density at radius 3 is 2.38 bits per heavy atom. The molecule has 1 N–H and O–H groups in total. The van der Waals surface area contributed by atoms with Gasteiger partial charge in [-0.3, -0.25) is 9.20 Å². The molecule has 0 spiro atoms. The topological polar surface area (TPSA) is 49.6 Å². The number of hydrogen-bond acceptors (Lipinski definition) is 3. The Hall–Kier alpha value is -3.86. The number of nitrogens with zero attached hydrogens (tertiary/aromatic N) is 3. The van der Waals surface area contributed by atoms with Crippen molar-refractivity contribution >= 4 is 29.0 Å². The fourth-order valence-electron chi connectivity index (χ4n) is 4.49. The third kappa shape index (κ3) is 4.74. The van der Waals surface area contributed by atoms with Crippen LogP contribution in [0.2, 0.25) is 0 Å². The van der Waals surface area contributed by atoms with E-state index in [1.54, 1.807) is 6.08 Å². The predicted octanol–water partition coefficient (Wildman–Crippen LogP) is 6.26. The van der Waals surface area contributed by atoms with Gasteiger partial charge in [-0.1, -0.05) is 29.8 Å². The molecule has 0 unspecified atom stereocenters. The molecule has 5 nitrogen and oxygen atoms in total. The number of imidazole rings is 1. The molecule has 0 saturated carbocycles. The van der Waals surface area contributed by atoms with E-state index in [1.165, 1.54) is 30.5 Å². The summed E-state index contributed by atoms with van der Waals surface area (Å²) in [4.78, 5) is 20.0. The highest BCUT2D eigenvalue weighted by Gasteiger charge is 2.13. The van der Waals surface area contributed by atoms with Crippen molar-refractivity contribution in [1.29, 1.82) is 0 Å². The minimum atomic E-state index is -0.164. The maximum absolute atomic E-state index is 12.7. The highest BCUT2D eigenvalue weighted by atomic mass is 16.1. The molecule has 2 aromatic heterocycles. The normalized spacial score (nSPS) is 14.1. The maximum Gasteiger partial charge on any atom is 0.248 e. The summed E-state index contributed by atoms with van der Waals surface area (Å²) >= 11 is 0. The van der Waals surface area contributed by atoms with Crippen molar-refractivity contribution < 1.29 is 4.79 Å². The van der Waals surface area contributed by atoms with E-state index in [0.717, 1.165) is 46.9 Å². The quantitative estimate of drug-likeness (QED) is 0.365. The van der Waals surface area contributed by atoms with Crippen LogP contribution < -0.4 is 10.2 Å². The molecule has 5 rings (SSSR count). The number of carbonyl (C=O) groups is 1. The number of fused-ring (bicyclic) bond motifs is 1. The molecular weight excluding hydrogens is 420 g/mol. The largest absolute Gasteiger partial charge is 0.372 e. The number of carbonyl (C=O) groups excluding carboxylic acids is 1. The molecule has 0 radical (unpaired) electrons. The lowest BCUT2D eigenvalue weighted by molar-refractivity contribution is -0.111. The van der Waals surface area contributed by atoms with Crippen LogP contribution in [0, 0.1) is 13.8 Å². The smallest absolute Gasteiger partial charge is 0.248 e. The number of nitrogens with one attached hydrogen (secondary N) is 1. The summed E-state index contributed by atoms with van der Waals surface area (Å²) in [6.45, 7) is 6.34. The van der Waals surface area contributed by atoms with E-state index in [2.05, 4.69) is 72.6 Å². The van der Waals surface area contributed by atoms with E-state index in [1.807, 2.05) is 28.8 Å². The molecule has 5 heteroatoms. The maximum atomic E-state index is 12.7. The van der Waals surface area contributed by atoms with Crippen molar-refractivity contribution in [2.24, 2.45) is 0 Å². The Kier molecular flexibility index (Phi) is 6.17. The van der Waals surface area contributed by atoms with Crippen LogP contribution >= 0.6 is 0 Å². The summed E-state index contributed by atoms with van der Waals surface area (Å²) in [6, 6.07) is 20.6. The molecule has 0 bridgehead atoms. The number of piperidine rings is 1. The van der Waals surface area contributed by atoms with Crippen LogP contribution in [0.3, 0.4) is 0 Å². The van der Waals surface area contributed by atoms with E-state index in [0.29, 0.717) is 0 Å². The molecule has 1 aliphatic heterocycles. The van der Waals surface area contributed by atoms with Gasteiger partial charge in [0.1, 0.15) is 5.65 Å². The van der Waals surface area contributed by atoms with Gasteiger partial charge in [0.2, 0.25) is 5.91 Å². The molecule has 0 atom stereocenters. The second kappa shape index (κ2) is 9.56. The van der Waals surface area contributed by atoms with Gasteiger partial charge >= 0.3 is 0 Å². The minimum absolute atomic E-state index is 0.164.